The summed E-state index contributed by atoms with van der Waals surface area (Å²) in [5.74, 6) is 0.856. The topological polar surface area (TPSA) is 70.8 Å². The van der Waals surface area contributed by atoms with Crippen LogP contribution in [0.15, 0.2) is 12.3 Å². The van der Waals surface area contributed by atoms with E-state index in [2.05, 4.69) is 15.2 Å². The number of aromatic amines is 1. The number of hydrogen-bond donors (Lipinski definition) is 2. The largest absolute Gasteiger partial charge is 0.397 e. The normalized spacial score (nSPS) is 10.6. The van der Waals surface area contributed by atoms with Crippen molar-refractivity contribution in [2.24, 2.45) is 0 Å². The van der Waals surface area contributed by atoms with Gasteiger partial charge in [-0.15, -0.1) is 0 Å². The van der Waals surface area contributed by atoms with Crippen LogP contribution in [0, 0.1) is 0 Å². The van der Waals surface area contributed by atoms with Gasteiger partial charge in [-0.1, -0.05) is 0 Å². The van der Waals surface area contributed by atoms with Crippen molar-refractivity contribution >= 4 is 22.5 Å². The predicted octanol–water partition coefficient (Wildman–Crippen LogP) is 0.606. The zero-order valence-corrected chi connectivity index (χ0v) is 7.57. The first-order valence-electron chi connectivity index (χ1n) is 3.95. The van der Waals surface area contributed by atoms with Crippen LogP contribution in [-0.4, -0.2) is 29.3 Å². The number of hydrogen-bond acceptors (Lipinski definition) is 4. The molecule has 13 heavy (non-hydrogen) atoms. The lowest BCUT2D eigenvalue weighted by Crippen LogP contribution is -2.09. The molecule has 2 rings (SSSR count). The first-order chi connectivity index (χ1) is 6.18. The minimum Gasteiger partial charge on any atom is -0.397 e. The average molecular weight is 177 g/mol. The molecular formula is C8H11N5. The number of H-pyrrole nitrogens is 1. The zero-order valence-electron chi connectivity index (χ0n) is 7.57. The van der Waals surface area contributed by atoms with Crippen LogP contribution in [0.3, 0.4) is 0 Å². The third-order valence-corrected chi connectivity index (χ3v) is 1.84. The Balaban J connectivity index is 2.71. The number of rotatable bonds is 1. The number of anilines is 2. The SMILES string of the molecule is CN(C)c1n[nH]c2ncc(N)cc12. The van der Waals surface area contributed by atoms with Crippen molar-refractivity contribution in [1.29, 1.82) is 0 Å². The number of pyridine rings is 1. The maximum Gasteiger partial charge on any atom is 0.159 e. The van der Waals surface area contributed by atoms with Gasteiger partial charge in [0.1, 0.15) is 0 Å². The van der Waals surface area contributed by atoms with Crippen molar-refractivity contribution in [3.8, 4) is 0 Å². The monoisotopic (exact) mass is 177 g/mol. The fraction of sp³-hybridized carbons (Fsp3) is 0.250. The fourth-order valence-electron chi connectivity index (χ4n) is 1.25. The van der Waals surface area contributed by atoms with Crippen LogP contribution in [0.25, 0.3) is 11.0 Å². The molecule has 5 heteroatoms. The molecular weight excluding hydrogens is 166 g/mol. The van der Waals surface area contributed by atoms with E-state index in [0.29, 0.717) is 5.69 Å². The lowest BCUT2D eigenvalue weighted by atomic mass is 10.3. The van der Waals surface area contributed by atoms with E-state index in [-0.39, 0.29) is 0 Å². The molecule has 0 bridgehead atoms. The maximum atomic E-state index is 5.63. The molecule has 0 fully saturated rings. The molecule has 0 aliphatic carbocycles. The number of nitrogens with two attached hydrogens (primary N) is 1. The second-order valence-corrected chi connectivity index (χ2v) is 3.11. The molecule has 2 aromatic rings. The van der Waals surface area contributed by atoms with Gasteiger partial charge in [0.25, 0.3) is 0 Å². The van der Waals surface area contributed by atoms with Gasteiger partial charge >= 0.3 is 0 Å². The first kappa shape index (κ1) is 7.85. The molecule has 3 N–H and O–H groups in total. The number of fused-ring (bicyclic) bond motifs is 1. The summed E-state index contributed by atoms with van der Waals surface area (Å²) < 4.78 is 0. The average Bonchev–Trinajstić information content (AvgIpc) is 2.46. The quantitative estimate of drug-likeness (QED) is 0.669. The van der Waals surface area contributed by atoms with Crippen molar-refractivity contribution in [3.05, 3.63) is 12.3 Å². The van der Waals surface area contributed by atoms with Crippen molar-refractivity contribution < 1.29 is 0 Å². The Kier molecular flexibility index (Phi) is 1.58. The van der Waals surface area contributed by atoms with Crippen LogP contribution < -0.4 is 10.6 Å². The molecule has 0 saturated heterocycles. The molecule has 0 saturated carbocycles. The molecule has 0 amide bonds. The summed E-state index contributed by atoms with van der Waals surface area (Å²) in [4.78, 5) is 6.03. The van der Waals surface area contributed by atoms with Gasteiger partial charge < -0.3 is 10.6 Å². The van der Waals surface area contributed by atoms with E-state index in [1.807, 2.05) is 25.1 Å². The number of aromatic nitrogens is 3. The molecule has 0 aliphatic rings. The van der Waals surface area contributed by atoms with E-state index in [0.717, 1.165) is 16.9 Å². The third-order valence-electron chi connectivity index (χ3n) is 1.84. The van der Waals surface area contributed by atoms with Gasteiger partial charge in [0.2, 0.25) is 0 Å². The summed E-state index contributed by atoms with van der Waals surface area (Å²) in [6.07, 6.45) is 1.61. The highest BCUT2D eigenvalue weighted by Gasteiger charge is 2.07. The minimum absolute atomic E-state index is 0.650. The summed E-state index contributed by atoms with van der Waals surface area (Å²) in [7, 11) is 3.86. The van der Waals surface area contributed by atoms with E-state index in [1.54, 1.807) is 6.20 Å². The van der Waals surface area contributed by atoms with Crippen LogP contribution in [0.2, 0.25) is 0 Å². The molecule has 0 aromatic carbocycles. The van der Waals surface area contributed by atoms with Gasteiger partial charge in [0.05, 0.1) is 17.3 Å². The van der Waals surface area contributed by atoms with Crippen molar-refractivity contribution in [2.75, 3.05) is 24.7 Å². The number of nitrogens with one attached hydrogen (secondary N) is 1. The third kappa shape index (κ3) is 1.18. The first-order valence-corrected chi connectivity index (χ1v) is 3.95. The summed E-state index contributed by atoms with van der Waals surface area (Å²) in [6, 6.07) is 1.86. The Hall–Kier alpha value is -1.78. The Morgan fingerprint density at radius 3 is 2.92 bits per heavy atom. The van der Waals surface area contributed by atoms with E-state index in [1.165, 1.54) is 0 Å². The lowest BCUT2D eigenvalue weighted by molar-refractivity contribution is 1.02. The van der Waals surface area contributed by atoms with E-state index in [4.69, 9.17) is 5.73 Å². The summed E-state index contributed by atoms with van der Waals surface area (Å²) in [6.45, 7) is 0. The van der Waals surface area contributed by atoms with Crippen LogP contribution in [0.4, 0.5) is 11.5 Å². The van der Waals surface area contributed by atoms with Gasteiger partial charge in [0, 0.05) is 14.1 Å². The van der Waals surface area contributed by atoms with Crippen LogP contribution in [-0.2, 0) is 0 Å². The Morgan fingerprint density at radius 1 is 1.46 bits per heavy atom. The molecule has 2 heterocycles. The molecule has 0 spiro atoms. The minimum atomic E-state index is 0.650. The number of nitrogen functional groups attached to an aromatic ring is 1. The van der Waals surface area contributed by atoms with Gasteiger partial charge in [-0.25, -0.2) is 4.98 Å². The highest BCUT2D eigenvalue weighted by atomic mass is 15.3. The van der Waals surface area contributed by atoms with Gasteiger partial charge in [0.15, 0.2) is 11.5 Å². The van der Waals surface area contributed by atoms with Crippen LogP contribution in [0.5, 0.6) is 0 Å². The molecule has 0 aliphatic heterocycles. The van der Waals surface area contributed by atoms with Crippen LogP contribution in [0.1, 0.15) is 0 Å². The lowest BCUT2D eigenvalue weighted by Gasteiger charge is -2.07. The van der Waals surface area contributed by atoms with E-state index < -0.39 is 0 Å². The Labute approximate surface area is 75.6 Å². The molecule has 0 atom stereocenters. The van der Waals surface area contributed by atoms with Crippen molar-refractivity contribution in [2.45, 2.75) is 0 Å². The zero-order chi connectivity index (χ0) is 9.42. The van der Waals surface area contributed by atoms with Crippen molar-refractivity contribution in [1.82, 2.24) is 15.2 Å². The molecule has 0 unspecified atom stereocenters. The summed E-state index contributed by atoms with van der Waals surface area (Å²) in [5, 5.41) is 7.91. The van der Waals surface area contributed by atoms with Crippen LogP contribution >= 0.6 is 0 Å². The number of nitrogens with zero attached hydrogens (tertiary/aromatic N) is 3. The second kappa shape index (κ2) is 2.62. The Bertz CT molecular complexity index is 431. The standard InChI is InChI=1S/C8H11N5/c1-13(2)8-6-3-5(9)4-10-7(6)11-12-8/h3-4H,9H2,1-2H3,(H,10,11,12). The molecule has 5 nitrogen and oxygen atoms in total. The van der Waals surface area contributed by atoms with Gasteiger partial charge in [-0.2, -0.15) is 5.10 Å². The highest BCUT2D eigenvalue weighted by molar-refractivity contribution is 5.89. The highest BCUT2D eigenvalue weighted by Crippen LogP contribution is 2.22. The molecule has 2 aromatic heterocycles. The van der Waals surface area contributed by atoms with Gasteiger partial charge in [-0.3, -0.25) is 5.10 Å². The van der Waals surface area contributed by atoms with Crippen molar-refractivity contribution in [3.63, 3.8) is 0 Å². The summed E-state index contributed by atoms with van der Waals surface area (Å²) >= 11 is 0. The smallest absolute Gasteiger partial charge is 0.159 e. The second-order valence-electron chi connectivity index (χ2n) is 3.11. The molecule has 0 radical (unpaired) electrons. The van der Waals surface area contributed by atoms with E-state index in [9.17, 15) is 0 Å². The molecule has 68 valence electrons. The van der Waals surface area contributed by atoms with Gasteiger partial charge in [-0.05, 0) is 6.07 Å². The maximum absolute atomic E-state index is 5.63. The Morgan fingerprint density at radius 2 is 2.23 bits per heavy atom. The summed E-state index contributed by atoms with van der Waals surface area (Å²) in [5.41, 5.74) is 7.04. The van der Waals surface area contributed by atoms with E-state index >= 15 is 0 Å². The fourth-order valence-corrected chi connectivity index (χ4v) is 1.25. The predicted molar refractivity (Wildman–Crippen MR) is 52.6 cm³/mol.